The summed E-state index contributed by atoms with van der Waals surface area (Å²) in [7, 11) is 0. The normalized spacial score (nSPS) is 10.8. The summed E-state index contributed by atoms with van der Waals surface area (Å²) < 4.78 is 1.45. The van der Waals surface area contributed by atoms with Gasteiger partial charge in [-0.2, -0.15) is 0 Å². The van der Waals surface area contributed by atoms with Gasteiger partial charge in [-0.1, -0.05) is 36.4 Å². The van der Waals surface area contributed by atoms with Crippen molar-refractivity contribution < 1.29 is 9.90 Å². The van der Waals surface area contributed by atoms with Crippen molar-refractivity contribution in [3.63, 3.8) is 0 Å². The van der Waals surface area contributed by atoms with Crippen LogP contribution < -0.4 is 10.9 Å². The summed E-state index contributed by atoms with van der Waals surface area (Å²) in [5, 5.41) is 13.9. The van der Waals surface area contributed by atoms with Gasteiger partial charge in [-0.05, 0) is 61.4 Å². The largest absolute Gasteiger partial charge is 0.506 e. The van der Waals surface area contributed by atoms with Gasteiger partial charge in [0.15, 0.2) is 0 Å². The molecule has 144 valence electrons. The number of amides is 1. The van der Waals surface area contributed by atoms with Crippen LogP contribution in [0, 0.1) is 13.8 Å². The molecule has 0 bridgehead atoms. The van der Waals surface area contributed by atoms with Crippen molar-refractivity contribution in [2.45, 2.75) is 13.8 Å². The number of hydrogen-bond acceptors (Lipinski definition) is 3. The van der Waals surface area contributed by atoms with Crippen LogP contribution in [0.2, 0.25) is 0 Å². The Morgan fingerprint density at radius 3 is 2.31 bits per heavy atom. The number of benzene rings is 3. The maximum atomic E-state index is 13.3. The van der Waals surface area contributed by atoms with Crippen molar-refractivity contribution >= 4 is 22.5 Å². The van der Waals surface area contributed by atoms with Gasteiger partial charge in [0.1, 0.15) is 11.3 Å². The second kappa shape index (κ2) is 7.28. The summed E-state index contributed by atoms with van der Waals surface area (Å²) in [5.74, 6) is -0.967. The van der Waals surface area contributed by atoms with E-state index in [4.69, 9.17) is 0 Å². The summed E-state index contributed by atoms with van der Waals surface area (Å²) in [4.78, 5) is 26.3. The van der Waals surface area contributed by atoms with E-state index in [9.17, 15) is 14.7 Å². The molecule has 0 radical (unpaired) electrons. The van der Waals surface area contributed by atoms with E-state index in [0.29, 0.717) is 22.3 Å². The predicted molar refractivity (Wildman–Crippen MR) is 115 cm³/mol. The van der Waals surface area contributed by atoms with E-state index in [2.05, 4.69) is 5.32 Å². The molecule has 1 amide bonds. The fraction of sp³-hybridized carbons (Fsp3) is 0.0833. The minimum absolute atomic E-state index is 0.286. The molecule has 0 saturated carbocycles. The zero-order valence-corrected chi connectivity index (χ0v) is 16.1. The molecule has 0 aliphatic rings. The van der Waals surface area contributed by atoms with Crippen LogP contribution in [0.15, 0.2) is 77.6 Å². The number of aromatic hydroxyl groups is 1. The average Bonchev–Trinajstić information content (AvgIpc) is 2.72. The lowest BCUT2D eigenvalue weighted by Crippen LogP contribution is -2.29. The molecule has 0 unspecified atom stereocenters. The number of rotatable bonds is 3. The third-order valence-electron chi connectivity index (χ3n) is 5.06. The smallest absolute Gasteiger partial charge is 0.272 e. The summed E-state index contributed by atoms with van der Waals surface area (Å²) in [6, 6.07) is 21.5. The van der Waals surface area contributed by atoms with Gasteiger partial charge >= 0.3 is 0 Å². The van der Waals surface area contributed by atoms with Crippen LogP contribution in [-0.2, 0) is 0 Å². The first kappa shape index (κ1) is 18.5. The minimum Gasteiger partial charge on any atom is -0.506 e. The number of para-hydroxylation sites is 2. The fourth-order valence-corrected chi connectivity index (χ4v) is 3.38. The SMILES string of the molecule is Cc1ccc(NC(=O)c2c(O)c3ccccc3n(-c3ccccc3)c2=O)cc1C. The molecule has 4 rings (SSSR count). The van der Waals surface area contributed by atoms with Crippen molar-refractivity contribution in [3.05, 3.63) is 99.8 Å². The summed E-state index contributed by atoms with van der Waals surface area (Å²) in [6.07, 6.45) is 0. The average molecular weight is 384 g/mol. The first-order valence-electron chi connectivity index (χ1n) is 9.28. The molecular weight excluding hydrogens is 364 g/mol. The topological polar surface area (TPSA) is 71.3 Å². The lowest BCUT2D eigenvalue weighted by Gasteiger charge is -2.15. The van der Waals surface area contributed by atoms with Crippen LogP contribution in [0.25, 0.3) is 16.6 Å². The van der Waals surface area contributed by atoms with Crippen LogP contribution in [-0.4, -0.2) is 15.6 Å². The lowest BCUT2D eigenvalue weighted by atomic mass is 10.1. The summed E-state index contributed by atoms with van der Waals surface area (Å²) in [6.45, 7) is 3.93. The van der Waals surface area contributed by atoms with Crippen LogP contribution in [0.3, 0.4) is 0 Å². The molecular formula is C24H20N2O3. The van der Waals surface area contributed by atoms with Crippen molar-refractivity contribution in [2.75, 3.05) is 5.32 Å². The van der Waals surface area contributed by atoms with Crippen molar-refractivity contribution in [1.82, 2.24) is 4.57 Å². The van der Waals surface area contributed by atoms with E-state index in [-0.39, 0.29) is 11.3 Å². The number of aryl methyl sites for hydroxylation is 2. The highest BCUT2D eigenvalue weighted by atomic mass is 16.3. The van der Waals surface area contributed by atoms with E-state index in [1.54, 1.807) is 42.5 Å². The molecule has 0 atom stereocenters. The quantitative estimate of drug-likeness (QED) is 0.544. The van der Waals surface area contributed by atoms with Gasteiger partial charge in [-0.3, -0.25) is 14.2 Å². The van der Waals surface area contributed by atoms with Gasteiger partial charge in [0.05, 0.1) is 5.52 Å². The van der Waals surface area contributed by atoms with Crippen LogP contribution in [0.1, 0.15) is 21.5 Å². The van der Waals surface area contributed by atoms with Crippen molar-refractivity contribution in [3.8, 4) is 11.4 Å². The summed E-state index contributed by atoms with van der Waals surface area (Å²) in [5.41, 5.74) is 2.98. The number of carbonyl (C=O) groups is 1. The molecule has 4 aromatic rings. The molecule has 0 fully saturated rings. The first-order valence-corrected chi connectivity index (χ1v) is 9.28. The van der Waals surface area contributed by atoms with Gasteiger partial charge < -0.3 is 10.4 Å². The third-order valence-corrected chi connectivity index (χ3v) is 5.06. The fourth-order valence-electron chi connectivity index (χ4n) is 3.38. The van der Waals surface area contributed by atoms with Crippen LogP contribution in [0.5, 0.6) is 5.75 Å². The summed E-state index contributed by atoms with van der Waals surface area (Å²) >= 11 is 0. The lowest BCUT2D eigenvalue weighted by molar-refractivity contribution is 0.102. The Balaban J connectivity index is 1.91. The number of nitrogens with one attached hydrogen (secondary N) is 1. The number of pyridine rings is 1. The molecule has 0 saturated heterocycles. The highest BCUT2D eigenvalue weighted by molar-refractivity contribution is 6.09. The Bertz CT molecular complexity index is 1290. The Kier molecular flexibility index (Phi) is 4.64. The molecule has 0 aliphatic heterocycles. The number of fused-ring (bicyclic) bond motifs is 1. The molecule has 3 aromatic carbocycles. The van der Waals surface area contributed by atoms with E-state index in [0.717, 1.165) is 11.1 Å². The molecule has 1 aromatic heterocycles. The van der Waals surface area contributed by atoms with E-state index in [1.807, 2.05) is 44.2 Å². The third kappa shape index (κ3) is 3.27. The van der Waals surface area contributed by atoms with Crippen LogP contribution in [0.4, 0.5) is 5.69 Å². The minimum atomic E-state index is -0.647. The van der Waals surface area contributed by atoms with Crippen LogP contribution >= 0.6 is 0 Å². The van der Waals surface area contributed by atoms with Gasteiger partial charge in [0.25, 0.3) is 11.5 Å². The van der Waals surface area contributed by atoms with Gasteiger partial charge in [0.2, 0.25) is 0 Å². The maximum Gasteiger partial charge on any atom is 0.272 e. The highest BCUT2D eigenvalue weighted by Gasteiger charge is 2.23. The van der Waals surface area contributed by atoms with Gasteiger partial charge in [-0.15, -0.1) is 0 Å². The number of anilines is 1. The second-order valence-electron chi connectivity index (χ2n) is 6.97. The van der Waals surface area contributed by atoms with E-state index < -0.39 is 11.5 Å². The zero-order chi connectivity index (χ0) is 20.5. The molecule has 2 N–H and O–H groups in total. The molecule has 1 heterocycles. The number of nitrogens with zero attached hydrogens (tertiary/aromatic N) is 1. The predicted octanol–water partition coefficient (Wildman–Crippen LogP) is 4.57. The molecule has 0 spiro atoms. The number of hydrogen-bond donors (Lipinski definition) is 2. The molecule has 29 heavy (non-hydrogen) atoms. The Morgan fingerprint density at radius 2 is 1.59 bits per heavy atom. The highest BCUT2D eigenvalue weighted by Crippen LogP contribution is 2.28. The molecule has 5 heteroatoms. The molecule has 5 nitrogen and oxygen atoms in total. The zero-order valence-electron chi connectivity index (χ0n) is 16.1. The van der Waals surface area contributed by atoms with Crippen molar-refractivity contribution in [1.29, 1.82) is 0 Å². The Hall–Kier alpha value is -3.86. The standard InChI is InChI=1S/C24H20N2O3/c1-15-12-13-17(14-16(15)2)25-23(28)21-22(27)19-10-6-7-11-20(19)26(24(21)29)18-8-4-3-5-9-18/h3-14,27H,1-2H3,(H,25,28). The van der Waals surface area contributed by atoms with E-state index >= 15 is 0 Å². The van der Waals surface area contributed by atoms with E-state index in [1.165, 1.54) is 4.57 Å². The van der Waals surface area contributed by atoms with Gasteiger partial charge in [-0.25, -0.2) is 0 Å². The monoisotopic (exact) mass is 384 g/mol. The second-order valence-corrected chi connectivity index (χ2v) is 6.97. The van der Waals surface area contributed by atoms with Crippen molar-refractivity contribution in [2.24, 2.45) is 0 Å². The van der Waals surface area contributed by atoms with Gasteiger partial charge in [0, 0.05) is 16.8 Å². The number of carbonyl (C=O) groups excluding carboxylic acids is 1. The molecule has 0 aliphatic carbocycles. The first-order chi connectivity index (χ1) is 14.0. The Morgan fingerprint density at radius 1 is 0.897 bits per heavy atom. The maximum absolute atomic E-state index is 13.3. The Labute approximate surface area is 167 Å². The number of aromatic nitrogens is 1.